The Hall–Kier alpha value is -2.45. The van der Waals surface area contributed by atoms with Gasteiger partial charge >= 0.3 is 0 Å². The van der Waals surface area contributed by atoms with E-state index in [0.29, 0.717) is 38.3 Å². The van der Waals surface area contributed by atoms with Gasteiger partial charge in [-0.15, -0.1) is 0 Å². The predicted molar refractivity (Wildman–Crippen MR) is 125 cm³/mol. The molecule has 172 valence electrons. The lowest BCUT2D eigenvalue weighted by atomic mass is 9.92. The number of hydrogen-bond acceptors (Lipinski definition) is 4. The third kappa shape index (κ3) is 5.30. The Labute approximate surface area is 189 Å². The first kappa shape index (κ1) is 22.7. The molecule has 2 atom stereocenters. The van der Waals surface area contributed by atoms with Gasteiger partial charge in [-0.2, -0.15) is 0 Å². The lowest BCUT2D eigenvalue weighted by Crippen LogP contribution is -2.50. The van der Waals surface area contributed by atoms with E-state index in [1.165, 1.54) is 0 Å². The predicted octanol–water partition coefficient (Wildman–Crippen LogP) is 2.48. The minimum Gasteiger partial charge on any atom is -0.342 e. The third-order valence-electron chi connectivity index (χ3n) is 6.54. The highest BCUT2D eigenvalue weighted by atomic mass is 32.2. The smallest absolute Gasteiger partial charge is 0.254 e. The average Bonchev–Trinajstić information content (AvgIpc) is 2.81. The molecule has 0 spiro atoms. The van der Waals surface area contributed by atoms with Crippen molar-refractivity contribution >= 4 is 32.6 Å². The van der Waals surface area contributed by atoms with E-state index in [-0.39, 0.29) is 23.7 Å². The maximum absolute atomic E-state index is 13.3. The molecule has 2 unspecified atom stereocenters. The Morgan fingerprint density at radius 1 is 0.969 bits per heavy atom. The number of sulfonamides is 1. The summed E-state index contributed by atoms with van der Waals surface area (Å²) in [6, 6.07) is 13.6. The van der Waals surface area contributed by atoms with Crippen molar-refractivity contribution < 1.29 is 18.0 Å². The van der Waals surface area contributed by atoms with E-state index < -0.39 is 10.0 Å². The summed E-state index contributed by atoms with van der Waals surface area (Å²) in [5.74, 6) is -0.0126. The summed E-state index contributed by atoms with van der Waals surface area (Å²) < 4.78 is 25.4. The number of nitrogens with one attached hydrogen (secondary N) is 1. The van der Waals surface area contributed by atoms with Gasteiger partial charge in [0.25, 0.3) is 5.91 Å². The number of benzene rings is 2. The fourth-order valence-corrected chi connectivity index (χ4v) is 5.44. The molecule has 8 heteroatoms. The lowest BCUT2D eigenvalue weighted by molar-refractivity contribution is -0.138. The number of fused-ring (bicyclic) bond motifs is 1. The van der Waals surface area contributed by atoms with Gasteiger partial charge in [0.15, 0.2) is 0 Å². The number of likely N-dealkylation sites (tertiary alicyclic amines) is 2. The summed E-state index contributed by atoms with van der Waals surface area (Å²) in [6.45, 7) is 2.71. The van der Waals surface area contributed by atoms with Crippen LogP contribution in [-0.4, -0.2) is 69.0 Å². The fraction of sp³-hybridized carbons (Fsp3) is 0.500. The van der Waals surface area contributed by atoms with Crippen molar-refractivity contribution in [3.05, 3.63) is 48.0 Å². The van der Waals surface area contributed by atoms with Gasteiger partial charge in [-0.3, -0.25) is 9.59 Å². The number of amides is 2. The highest BCUT2D eigenvalue weighted by molar-refractivity contribution is 7.88. The van der Waals surface area contributed by atoms with Crippen LogP contribution in [0.1, 0.15) is 36.0 Å². The molecule has 2 saturated heterocycles. The molecular weight excluding hydrogens is 426 g/mol. The van der Waals surface area contributed by atoms with Crippen LogP contribution >= 0.6 is 0 Å². The fourth-order valence-electron chi connectivity index (χ4n) is 4.90. The van der Waals surface area contributed by atoms with E-state index in [2.05, 4.69) is 4.72 Å². The molecule has 0 aromatic heterocycles. The van der Waals surface area contributed by atoms with E-state index in [4.69, 9.17) is 0 Å². The normalized spacial score (nSPS) is 22.2. The minimum atomic E-state index is -3.24. The molecule has 1 N–H and O–H groups in total. The van der Waals surface area contributed by atoms with E-state index in [9.17, 15) is 18.0 Å². The molecule has 2 heterocycles. The molecule has 2 aliphatic rings. The molecule has 2 aromatic carbocycles. The first-order chi connectivity index (χ1) is 15.3. The maximum atomic E-state index is 13.3. The van der Waals surface area contributed by atoms with Gasteiger partial charge in [0, 0.05) is 38.3 Å². The second kappa shape index (κ2) is 9.58. The molecule has 2 aliphatic heterocycles. The van der Waals surface area contributed by atoms with Crippen LogP contribution in [-0.2, 0) is 14.8 Å². The van der Waals surface area contributed by atoms with Crippen LogP contribution in [0.25, 0.3) is 10.8 Å². The highest BCUT2D eigenvalue weighted by Crippen LogP contribution is 2.26. The van der Waals surface area contributed by atoms with Crippen LogP contribution in [0.5, 0.6) is 0 Å². The molecule has 7 nitrogen and oxygen atoms in total. The van der Waals surface area contributed by atoms with Crippen molar-refractivity contribution in [2.24, 2.45) is 11.8 Å². The number of nitrogens with zero attached hydrogens (tertiary/aromatic N) is 2. The highest BCUT2D eigenvalue weighted by Gasteiger charge is 2.34. The Kier molecular flexibility index (Phi) is 6.81. The minimum absolute atomic E-state index is 0.0202. The van der Waals surface area contributed by atoms with Crippen LogP contribution in [0.3, 0.4) is 0 Å². The monoisotopic (exact) mass is 457 g/mol. The summed E-state index contributed by atoms with van der Waals surface area (Å²) in [7, 11) is -3.24. The van der Waals surface area contributed by atoms with Crippen molar-refractivity contribution in [1.29, 1.82) is 0 Å². The quantitative estimate of drug-likeness (QED) is 0.747. The Morgan fingerprint density at radius 2 is 1.69 bits per heavy atom. The van der Waals surface area contributed by atoms with Crippen LogP contribution < -0.4 is 4.72 Å². The van der Waals surface area contributed by atoms with Gasteiger partial charge in [0.2, 0.25) is 15.9 Å². The molecule has 0 bridgehead atoms. The first-order valence-electron chi connectivity index (χ1n) is 11.3. The molecule has 32 heavy (non-hydrogen) atoms. The summed E-state index contributed by atoms with van der Waals surface area (Å²) in [5, 5.41) is 1.97. The summed E-state index contributed by atoms with van der Waals surface area (Å²) in [5.41, 5.74) is 0.682. The number of carbonyl (C=O) groups excluding carboxylic acids is 2. The number of hydrogen-bond donors (Lipinski definition) is 1. The topological polar surface area (TPSA) is 86.8 Å². The molecular formula is C24H31N3O4S. The second-order valence-corrected chi connectivity index (χ2v) is 10.9. The van der Waals surface area contributed by atoms with Crippen molar-refractivity contribution in [3.8, 4) is 0 Å². The summed E-state index contributed by atoms with van der Waals surface area (Å²) in [4.78, 5) is 30.3. The van der Waals surface area contributed by atoms with Gasteiger partial charge in [-0.25, -0.2) is 13.1 Å². The maximum Gasteiger partial charge on any atom is 0.254 e. The average molecular weight is 458 g/mol. The third-order valence-corrected chi connectivity index (χ3v) is 7.23. The number of piperidine rings is 2. The zero-order chi connectivity index (χ0) is 22.7. The Morgan fingerprint density at radius 3 is 2.50 bits per heavy atom. The molecule has 4 rings (SSSR count). The van der Waals surface area contributed by atoms with Crippen molar-refractivity contribution in [3.63, 3.8) is 0 Å². The zero-order valence-corrected chi connectivity index (χ0v) is 19.3. The van der Waals surface area contributed by atoms with Gasteiger partial charge < -0.3 is 9.80 Å². The van der Waals surface area contributed by atoms with E-state index in [0.717, 1.165) is 42.7 Å². The van der Waals surface area contributed by atoms with Crippen molar-refractivity contribution in [2.45, 2.75) is 25.7 Å². The largest absolute Gasteiger partial charge is 0.342 e. The molecule has 0 aliphatic carbocycles. The van der Waals surface area contributed by atoms with E-state index in [1.807, 2.05) is 52.3 Å². The van der Waals surface area contributed by atoms with Gasteiger partial charge in [0.05, 0.1) is 12.2 Å². The van der Waals surface area contributed by atoms with Crippen molar-refractivity contribution in [2.75, 3.05) is 39.0 Å². The molecule has 0 saturated carbocycles. The zero-order valence-electron chi connectivity index (χ0n) is 18.5. The number of carbonyl (C=O) groups is 2. The molecule has 2 amide bonds. The van der Waals surface area contributed by atoms with Gasteiger partial charge in [-0.05, 0) is 48.4 Å². The van der Waals surface area contributed by atoms with Crippen molar-refractivity contribution in [1.82, 2.24) is 14.5 Å². The van der Waals surface area contributed by atoms with Crippen LogP contribution in [0.2, 0.25) is 0 Å². The van der Waals surface area contributed by atoms with E-state index >= 15 is 0 Å². The number of rotatable bonds is 5. The van der Waals surface area contributed by atoms with Gasteiger partial charge in [0.1, 0.15) is 0 Å². The Bertz CT molecular complexity index is 1100. The van der Waals surface area contributed by atoms with Crippen LogP contribution in [0.4, 0.5) is 0 Å². The van der Waals surface area contributed by atoms with Gasteiger partial charge in [-0.1, -0.05) is 36.4 Å². The first-order valence-corrected chi connectivity index (χ1v) is 13.2. The summed E-state index contributed by atoms with van der Waals surface area (Å²) in [6.07, 6.45) is 4.51. The standard InChI is InChI=1S/C24H31N3O4S/c1-32(30,31)25-15-18-7-5-13-26(16-18)23(28)20-10-6-14-27(17-20)24(29)22-12-4-9-19-8-2-3-11-21(19)22/h2-4,8-9,11-12,18,20,25H,5-7,10,13-17H2,1H3. The Balaban J connectivity index is 1.42. The lowest BCUT2D eigenvalue weighted by Gasteiger charge is -2.38. The molecule has 2 aromatic rings. The molecule has 2 fully saturated rings. The summed E-state index contributed by atoms with van der Waals surface area (Å²) >= 11 is 0. The molecule has 0 radical (unpaired) electrons. The van der Waals surface area contributed by atoms with E-state index in [1.54, 1.807) is 0 Å². The second-order valence-electron chi connectivity index (χ2n) is 9.03. The van der Waals surface area contributed by atoms with Crippen LogP contribution in [0, 0.1) is 11.8 Å². The van der Waals surface area contributed by atoms with Crippen LogP contribution in [0.15, 0.2) is 42.5 Å². The SMILES string of the molecule is CS(=O)(=O)NCC1CCCN(C(=O)C2CCCN(C(=O)c3cccc4ccccc34)C2)C1.